The molecule has 1 heterocycles. The van der Waals surface area contributed by atoms with Crippen molar-refractivity contribution in [2.24, 2.45) is 0 Å². The molecule has 1 fully saturated rings. The summed E-state index contributed by atoms with van der Waals surface area (Å²) in [6, 6.07) is 7.79. The predicted molar refractivity (Wildman–Crippen MR) is 78.7 cm³/mol. The Morgan fingerprint density at radius 1 is 1.32 bits per heavy atom. The van der Waals surface area contributed by atoms with Crippen LogP contribution in [-0.4, -0.2) is 47.9 Å². The summed E-state index contributed by atoms with van der Waals surface area (Å²) in [6.07, 6.45) is 1.15. The molecule has 1 aliphatic rings. The lowest BCUT2D eigenvalue weighted by Crippen LogP contribution is -2.51. The van der Waals surface area contributed by atoms with Crippen LogP contribution in [0.1, 0.15) is 30.6 Å². The molecule has 0 bridgehead atoms. The molecule has 1 saturated heterocycles. The standard InChI is InChI=1S/C15H21ClN2O/c1-3-12(2)17-7-9-18(10-8-17)15(19)13-5-4-6-14(16)11-13/h4-6,11-12H,3,7-10H2,1-2H3/t12-/m0/s1. The molecule has 4 heteroatoms. The van der Waals surface area contributed by atoms with Crippen molar-refractivity contribution in [3.63, 3.8) is 0 Å². The third-order valence-corrected chi connectivity index (χ3v) is 4.12. The fraction of sp³-hybridized carbons (Fsp3) is 0.533. The smallest absolute Gasteiger partial charge is 0.253 e. The summed E-state index contributed by atoms with van der Waals surface area (Å²) in [5, 5.41) is 0.615. The third-order valence-electron chi connectivity index (χ3n) is 3.89. The van der Waals surface area contributed by atoms with E-state index in [1.165, 1.54) is 0 Å². The van der Waals surface area contributed by atoms with E-state index in [-0.39, 0.29) is 5.91 Å². The van der Waals surface area contributed by atoms with Gasteiger partial charge in [-0.15, -0.1) is 0 Å². The first-order valence-electron chi connectivity index (χ1n) is 6.90. The van der Waals surface area contributed by atoms with Crippen molar-refractivity contribution in [1.82, 2.24) is 9.80 Å². The Morgan fingerprint density at radius 3 is 2.58 bits per heavy atom. The van der Waals surface area contributed by atoms with Crippen molar-refractivity contribution in [3.8, 4) is 0 Å². The van der Waals surface area contributed by atoms with E-state index in [1.54, 1.807) is 12.1 Å². The molecule has 1 aromatic rings. The number of halogens is 1. The van der Waals surface area contributed by atoms with E-state index >= 15 is 0 Å². The number of amides is 1. The molecule has 1 amide bonds. The topological polar surface area (TPSA) is 23.6 Å². The summed E-state index contributed by atoms with van der Waals surface area (Å²) in [5.41, 5.74) is 0.685. The van der Waals surface area contributed by atoms with Crippen molar-refractivity contribution < 1.29 is 4.79 Å². The summed E-state index contributed by atoms with van der Waals surface area (Å²) in [7, 11) is 0. The maximum absolute atomic E-state index is 12.3. The Kier molecular flexibility index (Phi) is 4.83. The van der Waals surface area contributed by atoms with Gasteiger partial charge in [0.2, 0.25) is 0 Å². The number of hydrogen-bond donors (Lipinski definition) is 0. The molecule has 0 N–H and O–H groups in total. The average molecular weight is 281 g/mol. The van der Waals surface area contributed by atoms with Crippen LogP contribution in [0.2, 0.25) is 5.02 Å². The lowest BCUT2D eigenvalue weighted by atomic mass is 10.1. The van der Waals surface area contributed by atoms with Gasteiger partial charge in [0.05, 0.1) is 0 Å². The summed E-state index contributed by atoms with van der Waals surface area (Å²) >= 11 is 5.93. The van der Waals surface area contributed by atoms with Gasteiger partial charge >= 0.3 is 0 Å². The maximum Gasteiger partial charge on any atom is 0.253 e. The normalized spacial score (nSPS) is 18.4. The molecular formula is C15H21ClN2O. The van der Waals surface area contributed by atoms with Gasteiger partial charge in [0, 0.05) is 42.8 Å². The minimum atomic E-state index is 0.0892. The van der Waals surface area contributed by atoms with Crippen molar-refractivity contribution in [1.29, 1.82) is 0 Å². The Bertz CT molecular complexity index is 442. The molecule has 2 rings (SSSR count). The van der Waals surface area contributed by atoms with Crippen LogP contribution in [0.25, 0.3) is 0 Å². The Labute approximate surface area is 120 Å². The van der Waals surface area contributed by atoms with Gasteiger partial charge in [-0.05, 0) is 31.5 Å². The van der Waals surface area contributed by atoms with Gasteiger partial charge in [0.25, 0.3) is 5.91 Å². The second kappa shape index (κ2) is 6.40. The third kappa shape index (κ3) is 3.48. The van der Waals surface area contributed by atoms with Crippen LogP contribution in [0.4, 0.5) is 0 Å². The van der Waals surface area contributed by atoms with E-state index in [9.17, 15) is 4.79 Å². The molecule has 0 saturated carbocycles. The van der Waals surface area contributed by atoms with Crippen molar-refractivity contribution in [2.75, 3.05) is 26.2 Å². The van der Waals surface area contributed by atoms with Crippen LogP contribution in [0.5, 0.6) is 0 Å². The zero-order chi connectivity index (χ0) is 13.8. The van der Waals surface area contributed by atoms with Gasteiger partial charge < -0.3 is 4.90 Å². The van der Waals surface area contributed by atoms with Gasteiger partial charge in [-0.3, -0.25) is 9.69 Å². The van der Waals surface area contributed by atoms with Crippen molar-refractivity contribution in [2.45, 2.75) is 26.3 Å². The van der Waals surface area contributed by atoms with Crippen LogP contribution < -0.4 is 0 Å². The van der Waals surface area contributed by atoms with Crippen LogP contribution in [0.15, 0.2) is 24.3 Å². The molecule has 0 aromatic heterocycles. The van der Waals surface area contributed by atoms with E-state index in [1.807, 2.05) is 17.0 Å². The molecule has 19 heavy (non-hydrogen) atoms. The van der Waals surface area contributed by atoms with Crippen molar-refractivity contribution in [3.05, 3.63) is 34.9 Å². The zero-order valence-corrected chi connectivity index (χ0v) is 12.4. The van der Waals surface area contributed by atoms with Gasteiger partial charge in [-0.25, -0.2) is 0 Å². The number of carbonyl (C=O) groups is 1. The SMILES string of the molecule is CC[C@H](C)N1CCN(C(=O)c2cccc(Cl)c2)CC1. The molecule has 104 valence electrons. The highest BCUT2D eigenvalue weighted by atomic mass is 35.5. The molecule has 1 aliphatic heterocycles. The number of piperazine rings is 1. The first-order valence-corrected chi connectivity index (χ1v) is 7.28. The summed E-state index contributed by atoms with van der Waals surface area (Å²) in [6.45, 7) is 7.97. The molecule has 1 aromatic carbocycles. The summed E-state index contributed by atoms with van der Waals surface area (Å²) < 4.78 is 0. The first kappa shape index (κ1) is 14.4. The van der Waals surface area contributed by atoms with Crippen LogP contribution >= 0.6 is 11.6 Å². The quantitative estimate of drug-likeness (QED) is 0.850. The molecule has 1 atom stereocenters. The largest absolute Gasteiger partial charge is 0.336 e. The van der Waals surface area contributed by atoms with E-state index in [4.69, 9.17) is 11.6 Å². The highest BCUT2D eigenvalue weighted by molar-refractivity contribution is 6.30. The zero-order valence-electron chi connectivity index (χ0n) is 11.6. The highest BCUT2D eigenvalue weighted by Crippen LogP contribution is 2.15. The van der Waals surface area contributed by atoms with E-state index < -0.39 is 0 Å². The minimum Gasteiger partial charge on any atom is -0.336 e. The van der Waals surface area contributed by atoms with Gasteiger partial charge in [-0.2, -0.15) is 0 Å². The lowest BCUT2D eigenvalue weighted by molar-refractivity contribution is 0.0579. The second-order valence-electron chi connectivity index (χ2n) is 5.10. The number of rotatable bonds is 3. The summed E-state index contributed by atoms with van der Waals surface area (Å²) in [4.78, 5) is 16.7. The number of benzene rings is 1. The molecular weight excluding hydrogens is 260 g/mol. The van der Waals surface area contributed by atoms with Gasteiger partial charge in [0.15, 0.2) is 0 Å². The average Bonchev–Trinajstić information content (AvgIpc) is 2.46. The summed E-state index contributed by atoms with van der Waals surface area (Å²) in [5.74, 6) is 0.0892. The predicted octanol–water partition coefficient (Wildman–Crippen LogP) is 2.90. The maximum atomic E-state index is 12.3. The minimum absolute atomic E-state index is 0.0892. The first-order chi connectivity index (χ1) is 9.11. The van der Waals surface area contributed by atoms with Crippen LogP contribution in [-0.2, 0) is 0 Å². The lowest BCUT2D eigenvalue weighted by Gasteiger charge is -2.37. The molecule has 0 unspecified atom stereocenters. The Balaban J connectivity index is 1.96. The monoisotopic (exact) mass is 280 g/mol. The second-order valence-corrected chi connectivity index (χ2v) is 5.53. The molecule has 0 spiro atoms. The number of nitrogens with zero attached hydrogens (tertiary/aromatic N) is 2. The van der Waals surface area contributed by atoms with Crippen LogP contribution in [0, 0.1) is 0 Å². The van der Waals surface area contributed by atoms with Crippen molar-refractivity contribution >= 4 is 17.5 Å². The van der Waals surface area contributed by atoms with E-state index in [0.29, 0.717) is 16.6 Å². The van der Waals surface area contributed by atoms with E-state index in [2.05, 4.69) is 18.7 Å². The Morgan fingerprint density at radius 2 is 2.00 bits per heavy atom. The molecule has 0 radical (unpaired) electrons. The molecule has 3 nitrogen and oxygen atoms in total. The number of carbonyl (C=O) groups excluding carboxylic acids is 1. The fourth-order valence-corrected chi connectivity index (χ4v) is 2.62. The fourth-order valence-electron chi connectivity index (χ4n) is 2.43. The molecule has 0 aliphatic carbocycles. The van der Waals surface area contributed by atoms with Gasteiger partial charge in [0.1, 0.15) is 0 Å². The number of hydrogen-bond acceptors (Lipinski definition) is 2. The van der Waals surface area contributed by atoms with Gasteiger partial charge in [-0.1, -0.05) is 24.6 Å². The van der Waals surface area contributed by atoms with Crippen LogP contribution in [0.3, 0.4) is 0 Å². The Hall–Kier alpha value is -1.06. The van der Waals surface area contributed by atoms with E-state index in [0.717, 1.165) is 32.6 Å². The highest BCUT2D eigenvalue weighted by Gasteiger charge is 2.24.